The van der Waals surface area contributed by atoms with Crippen LogP contribution >= 0.6 is 11.3 Å². The Morgan fingerprint density at radius 1 is 1.24 bits per heavy atom. The topological polar surface area (TPSA) is 46.3 Å². The predicted octanol–water partition coefficient (Wildman–Crippen LogP) is 4.12. The number of likely N-dealkylation sites (tertiary alicyclic amines) is 1. The van der Waals surface area contributed by atoms with Gasteiger partial charge in [0.15, 0.2) is 10.8 Å². The number of hydrogen-bond donors (Lipinski definition) is 0. The van der Waals surface area contributed by atoms with Crippen molar-refractivity contribution < 1.29 is 9.21 Å². The van der Waals surface area contributed by atoms with Gasteiger partial charge in [0, 0.05) is 18.0 Å². The molecule has 0 bridgehead atoms. The molecule has 1 fully saturated rings. The minimum absolute atomic E-state index is 0.0726. The van der Waals surface area contributed by atoms with E-state index in [9.17, 15) is 4.79 Å². The number of nitrogens with zero attached hydrogens (tertiary/aromatic N) is 2. The van der Waals surface area contributed by atoms with E-state index in [1.165, 1.54) is 30.6 Å². The predicted molar refractivity (Wildman–Crippen MR) is 83.5 cm³/mol. The van der Waals surface area contributed by atoms with E-state index in [2.05, 4.69) is 4.98 Å². The molecule has 4 nitrogen and oxygen atoms in total. The summed E-state index contributed by atoms with van der Waals surface area (Å²) in [6.07, 6.45) is 7.56. The first-order valence-corrected chi connectivity index (χ1v) is 8.38. The van der Waals surface area contributed by atoms with E-state index >= 15 is 0 Å². The number of carbonyl (C=O) groups excluding carboxylic acids is 1. The van der Waals surface area contributed by atoms with Crippen LogP contribution in [0.25, 0.3) is 10.8 Å². The first-order valence-electron chi connectivity index (χ1n) is 7.56. The van der Waals surface area contributed by atoms with Crippen molar-refractivity contribution in [1.82, 2.24) is 9.88 Å². The van der Waals surface area contributed by atoms with Crippen LogP contribution in [0.15, 0.2) is 22.8 Å². The Balaban J connectivity index is 1.80. The van der Waals surface area contributed by atoms with Gasteiger partial charge in [-0.3, -0.25) is 4.79 Å². The van der Waals surface area contributed by atoms with Crippen molar-refractivity contribution >= 4 is 17.2 Å². The fraction of sp³-hybridized carbons (Fsp3) is 0.500. The second-order valence-corrected chi connectivity index (χ2v) is 6.66. The van der Waals surface area contributed by atoms with Crippen LogP contribution in [0.3, 0.4) is 0 Å². The van der Waals surface area contributed by atoms with Gasteiger partial charge in [0.05, 0.1) is 6.26 Å². The van der Waals surface area contributed by atoms with E-state index in [-0.39, 0.29) is 5.91 Å². The maximum atomic E-state index is 12.7. The zero-order valence-electron chi connectivity index (χ0n) is 12.3. The molecule has 2 aromatic rings. The monoisotopic (exact) mass is 304 g/mol. The molecule has 0 unspecified atom stereocenters. The molecule has 1 aliphatic rings. The van der Waals surface area contributed by atoms with Gasteiger partial charge in [0.2, 0.25) is 0 Å². The molecule has 2 aromatic heterocycles. The van der Waals surface area contributed by atoms with E-state index in [0.717, 1.165) is 41.6 Å². The summed E-state index contributed by atoms with van der Waals surface area (Å²) < 4.78 is 5.37. The smallest absolute Gasteiger partial charge is 0.273 e. The average Bonchev–Trinajstić information content (AvgIpc) is 3.06. The van der Waals surface area contributed by atoms with Crippen LogP contribution in [0.5, 0.6) is 0 Å². The molecule has 1 amide bonds. The van der Waals surface area contributed by atoms with Gasteiger partial charge in [-0.25, -0.2) is 4.98 Å². The molecule has 0 aromatic carbocycles. The number of aryl methyl sites for hydroxylation is 1. The number of aromatic nitrogens is 1. The lowest BCUT2D eigenvalue weighted by Crippen LogP contribution is -2.34. The fourth-order valence-corrected chi connectivity index (χ4v) is 3.57. The highest BCUT2D eigenvalue weighted by Crippen LogP contribution is 2.28. The van der Waals surface area contributed by atoms with Crippen molar-refractivity contribution in [2.75, 3.05) is 13.1 Å². The van der Waals surface area contributed by atoms with Gasteiger partial charge in [-0.1, -0.05) is 19.3 Å². The number of carbonyl (C=O) groups is 1. The number of thiazole rings is 1. The Bertz CT molecular complexity index is 596. The van der Waals surface area contributed by atoms with E-state index in [1.807, 2.05) is 24.0 Å². The van der Waals surface area contributed by atoms with Crippen LogP contribution in [0.1, 0.15) is 47.5 Å². The fourth-order valence-electron chi connectivity index (χ4n) is 2.70. The van der Waals surface area contributed by atoms with E-state index in [4.69, 9.17) is 4.42 Å². The quantitative estimate of drug-likeness (QED) is 0.838. The summed E-state index contributed by atoms with van der Waals surface area (Å²) in [5, 5.41) is 0.785. The zero-order chi connectivity index (χ0) is 14.7. The largest absolute Gasteiger partial charge is 0.462 e. The average molecular weight is 304 g/mol. The lowest BCUT2D eigenvalue weighted by Gasteiger charge is -2.24. The number of hydrogen-bond acceptors (Lipinski definition) is 4. The number of rotatable bonds is 2. The van der Waals surface area contributed by atoms with Crippen LogP contribution in [-0.4, -0.2) is 28.9 Å². The highest BCUT2D eigenvalue weighted by molar-refractivity contribution is 7.15. The van der Waals surface area contributed by atoms with E-state index in [1.54, 1.807) is 6.26 Å². The Kier molecular flexibility index (Phi) is 4.39. The Morgan fingerprint density at radius 3 is 2.62 bits per heavy atom. The summed E-state index contributed by atoms with van der Waals surface area (Å²) in [4.78, 5) is 20.2. The molecule has 0 N–H and O–H groups in total. The lowest BCUT2D eigenvalue weighted by molar-refractivity contribution is 0.0736. The standard InChI is InChI=1S/C16H20N2O2S/c1-12-14(17-15(21-12)13-8-7-11-20-13)16(19)18-9-5-3-2-4-6-10-18/h7-8,11H,2-6,9-10H2,1H3. The second kappa shape index (κ2) is 6.43. The van der Waals surface area contributed by atoms with Gasteiger partial charge in [-0.2, -0.15) is 0 Å². The van der Waals surface area contributed by atoms with Crippen molar-refractivity contribution in [1.29, 1.82) is 0 Å². The van der Waals surface area contributed by atoms with Crippen molar-refractivity contribution in [3.63, 3.8) is 0 Å². The molecule has 0 aliphatic carbocycles. The number of furan rings is 1. The van der Waals surface area contributed by atoms with Crippen LogP contribution in [0.4, 0.5) is 0 Å². The highest BCUT2D eigenvalue weighted by Gasteiger charge is 2.23. The molecule has 3 heterocycles. The highest BCUT2D eigenvalue weighted by atomic mass is 32.1. The summed E-state index contributed by atoms with van der Waals surface area (Å²) in [5.41, 5.74) is 0.590. The maximum absolute atomic E-state index is 12.7. The molecule has 1 saturated heterocycles. The summed E-state index contributed by atoms with van der Waals surface area (Å²) in [7, 11) is 0. The van der Waals surface area contributed by atoms with Crippen LogP contribution in [-0.2, 0) is 0 Å². The summed E-state index contributed by atoms with van der Waals surface area (Å²) >= 11 is 1.52. The molecule has 1 aliphatic heterocycles. The molecule has 0 atom stereocenters. The third-order valence-corrected chi connectivity index (χ3v) is 4.86. The van der Waals surface area contributed by atoms with Crippen molar-refractivity contribution in [3.05, 3.63) is 29.0 Å². The summed E-state index contributed by atoms with van der Waals surface area (Å²) in [6.45, 7) is 3.67. The van der Waals surface area contributed by atoms with Crippen LogP contribution < -0.4 is 0 Å². The van der Waals surface area contributed by atoms with Gasteiger partial charge in [-0.05, 0) is 31.9 Å². The third kappa shape index (κ3) is 3.18. The molecule has 5 heteroatoms. The SMILES string of the molecule is Cc1sc(-c2ccco2)nc1C(=O)N1CCCCCCC1. The lowest BCUT2D eigenvalue weighted by atomic mass is 10.1. The molecule has 112 valence electrons. The van der Waals surface area contributed by atoms with E-state index < -0.39 is 0 Å². The molecular weight excluding hydrogens is 284 g/mol. The van der Waals surface area contributed by atoms with Crippen molar-refractivity contribution in [2.45, 2.75) is 39.0 Å². The third-order valence-electron chi connectivity index (χ3n) is 3.87. The van der Waals surface area contributed by atoms with E-state index in [0.29, 0.717) is 5.69 Å². The molecular formula is C16H20N2O2S. The molecule has 0 saturated carbocycles. The van der Waals surface area contributed by atoms with Gasteiger partial charge in [0.25, 0.3) is 5.91 Å². The minimum Gasteiger partial charge on any atom is -0.462 e. The second-order valence-electron chi connectivity index (χ2n) is 5.46. The van der Waals surface area contributed by atoms with Gasteiger partial charge in [-0.15, -0.1) is 11.3 Å². The van der Waals surface area contributed by atoms with Gasteiger partial charge < -0.3 is 9.32 Å². The maximum Gasteiger partial charge on any atom is 0.273 e. The summed E-state index contributed by atoms with van der Waals surface area (Å²) in [6, 6.07) is 3.72. The minimum atomic E-state index is 0.0726. The van der Waals surface area contributed by atoms with Crippen LogP contribution in [0.2, 0.25) is 0 Å². The molecule has 0 spiro atoms. The van der Waals surface area contributed by atoms with Crippen molar-refractivity contribution in [3.8, 4) is 10.8 Å². The Labute approximate surface area is 128 Å². The van der Waals surface area contributed by atoms with Gasteiger partial charge in [0.1, 0.15) is 5.69 Å². The first-order chi connectivity index (χ1) is 10.3. The van der Waals surface area contributed by atoms with Crippen molar-refractivity contribution in [2.24, 2.45) is 0 Å². The Hall–Kier alpha value is -1.62. The molecule has 3 rings (SSSR count). The Morgan fingerprint density at radius 2 is 1.95 bits per heavy atom. The van der Waals surface area contributed by atoms with Crippen LogP contribution in [0, 0.1) is 6.92 Å². The van der Waals surface area contributed by atoms with Gasteiger partial charge >= 0.3 is 0 Å². The number of amides is 1. The summed E-state index contributed by atoms with van der Waals surface area (Å²) in [5.74, 6) is 0.804. The molecule has 21 heavy (non-hydrogen) atoms. The first kappa shape index (κ1) is 14.3. The zero-order valence-corrected chi connectivity index (χ0v) is 13.1. The normalized spacial score (nSPS) is 16.5. The molecule has 0 radical (unpaired) electrons.